The largest absolute Gasteiger partial charge is 0.0613 e. The van der Waals surface area contributed by atoms with Crippen LogP contribution in [0.3, 0.4) is 0 Å². The standard InChI is InChI=1S/C12H17/c1-7-5-8(2)12-10(4)6-9(3)11(7)12/h5,9-10H,6H2,1-4H3. The van der Waals surface area contributed by atoms with Gasteiger partial charge in [0.25, 0.3) is 0 Å². The zero-order chi connectivity index (χ0) is 8.88. The lowest BCUT2D eigenvalue weighted by Crippen LogP contribution is -2.01. The molecule has 2 rings (SSSR count). The van der Waals surface area contributed by atoms with Crippen LogP contribution in [0.15, 0.2) is 22.8 Å². The third kappa shape index (κ3) is 0.903. The van der Waals surface area contributed by atoms with Crippen molar-refractivity contribution in [3.63, 3.8) is 0 Å². The van der Waals surface area contributed by atoms with Crippen molar-refractivity contribution >= 4 is 0 Å². The summed E-state index contributed by atoms with van der Waals surface area (Å²) in [6.07, 6.45) is 3.70. The normalized spacial score (nSPS) is 35.8. The van der Waals surface area contributed by atoms with E-state index in [1.807, 2.05) is 0 Å². The number of allylic oxidation sites excluding steroid dienone is 4. The van der Waals surface area contributed by atoms with E-state index in [1.54, 1.807) is 11.5 Å². The van der Waals surface area contributed by atoms with Gasteiger partial charge < -0.3 is 0 Å². The minimum atomic E-state index is 0.795. The summed E-state index contributed by atoms with van der Waals surface area (Å²) >= 11 is 0. The molecule has 0 aromatic rings. The Hall–Kier alpha value is -0.520. The minimum Gasteiger partial charge on any atom is -0.0613 e. The topological polar surface area (TPSA) is 0 Å². The van der Waals surface area contributed by atoms with Crippen LogP contribution in [-0.2, 0) is 0 Å². The van der Waals surface area contributed by atoms with E-state index >= 15 is 0 Å². The highest BCUT2D eigenvalue weighted by Crippen LogP contribution is 2.51. The van der Waals surface area contributed by atoms with E-state index in [4.69, 9.17) is 0 Å². The van der Waals surface area contributed by atoms with Crippen LogP contribution in [0, 0.1) is 17.8 Å². The van der Waals surface area contributed by atoms with E-state index in [9.17, 15) is 0 Å². The first-order chi connectivity index (χ1) is 5.61. The highest BCUT2D eigenvalue weighted by molar-refractivity contribution is 5.57. The maximum atomic E-state index is 2.36. The highest BCUT2D eigenvalue weighted by atomic mass is 14.4. The van der Waals surface area contributed by atoms with E-state index < -0.39 is 0 Å². The minimum absolute atomic E-state index is 0.795. The summed E-state index contributed by atoms with van der Waals surface area (Å²) in [7, 11) is 0. The SMILES string of the molecule is CC1=CC(C)=C2[C]1C(C)CC2C. The van der Waals surface area contributed by atoms with Gasteiger partial charge in [0.1, 0.15) is 0 Å². The monoisotopic (exact) mass is 161 g/mol. The molecule has 65 valence electrons. The van der Waals surface area contributed by atoms with Gasteiger partial charge in [0, 0.05) is 5.92 Å². The summed E-state index contributed by atoms with van der Waals surface area (Å²) in [4.78, 5) is 0. The van der Waals surface area contributed by atoms with Gasteiger partial charge in [-0.2, -0.15) is 0 Å². The molecule has 2 aliphatic carbocycles. The fourth-order valence-corrected chi connectivity index (χ4v) is 2.98. The van der Waals surface area contributed by atoms with Gasteiger partial charge in [-0.25, -0.2) is 0 Å². The lowest BCUT2D eigenvalue weighted by Gasteiger charge is -2.12. The second-order valence-electron chi connectivity index (χ2n) is 4.38. The Morgan fingerprint density at radius 3 is 2.42 bits per heavy atom. The summed E-state index contributed by atoms with van der Waals surface area (Å²) in [6, 6.07) is 0. The van der Waals surface area contributed by atoms with Crippen molar-refractivity contribution in [3.05, 3.63) is 28.7 Å². The molecular weight excluding hydrogens is 144 g/mol. The van der Waals surface area contributed by atoms with E-state index in [0.29, 0.717) is 0 Å². The summed E-state index contributed by atoms with van der Waals surface area (Å²) in [6.45, 7) is 9.21. The molecule has 0 aromatic heterocycles. The third-order valence-corrected chi connectivity index (χ3v) is 3.27. The summed E-state index contributed by atoms with van der Waals surface area (Å²) in [5.74, 6) is 3.24. The van der Waals surface area contributed by atoms with Crippen molar-refractivity contribution in [2.75, 3.05) is 0 Å². The van der Waals surface area contributed by atoms with Gasteiger partial charge in [0.2, 0.25) is 0 Å². The van der Waals surface area contributed by atoms with Gasteiger partial charge in [-0.05, 0) is 32.1 Å². The number of fused-ring (bicyclic) bond motifs is 1. The first-order valence-corrected chi connectivity index (χ1v) is 4.88. The molecule has 0 amide bonds. The maximum Gasteiger partial charge on any atom is 0.0289 e. The molecule has 2 aliphatic rings. The molecule has 1 saturated carbocycles. The van der Waals surface area contributed by atoms with Gasteiger partial charge in [0.15, 0.2) is 0 Å². The van der Waals surface area contributed by atoms with Gasteiger partial charge in [-0.1, -0.05) is 36.6 Å². The Morgan fingerprint density at radius 1 is 1.17 bits per heavy atom. The predicted octanol–water partition coefficient (Wildman–Crippen LogP) is 3.51. The molecule has 12 heavy (non-hydrogen) atoms. The molecule has 0 bridgehead atoms. The average molecular weight is 161 g/mol. The molecule has 0 aromatic carbocycles. The van der Waals surface area contributed by atoms with Gasteiger partial charge >= 0.3 is 0 Å². The van der Waals surface area contributed by atoms with Crippen LogP contribution in [0.4, 0.5) is 0 Å². The fourth-order valence-electron chi connectivity index (χ4n) is 2.98. The zero-order valence-corrected chi connectivity index (χ0v) is 8.44. The lowest BCUT2D eigenvalue weighted by atomic mass is 9.91. The van der Waals surface area contributed by atoms with Gasteiger partial charge in [-0.3, -0.25) is 0 Å². The van der Waals surface area contributed by atoms with Crippen LogP contribution >= 0.6 is 0 Å². The summed E-state index contributed by atoms with van der Waals surface area (Å²) in [5, 5.41) is 0. The van der Waals surface area contributed by atoms with E-state index in [-0.39, 0.29) is 0 Å². The lowest BCUT2D eigenvalue weighted by molar-refractivity contribution is 0.578. The molecule has 0 nitrogen and oxygen atoms in total. The van der Waals surface area contributed by atoms with Crippen molar-refractivity contribution in [2.45, 2.75) is 34.1 Å². The second-order valence-corrected chi connectivity index (χ2v) is 4.38. The number of hydrogen-bond donors (Lipinski definition) is 0. The van der Waals surface area contributed by atoms with Gasteiger partial charge in [-0.15, -0.1) is 0 Å². The van der Waals surface area contributed by atoms with Crippen LogP contribution in [0.25, 0.3) is 0 Å². The molecule has 0 spiro atoms. The fraction of sp³-hybridized carbons (Fsp3) is 0.583. The summed E-state index contributed by atoms with van der Waals surface area (Å²) < 4.78 is 0. The van der Waals surface area contributed by atoms with Crippen molar-refractivity contribution in [3.8, 4) is 0 Å². The number of hydrogen-bond acceptors (Lipinski definition) is 0. The zero-order valence-electron chi connectivity index (χ0n) is 8.44. The Bertz CT molecular complexity index is 268. The van der Waals surface area contributed by atoms with E-state index in [1.165, 1.54) is 17.6 Å². The molecular formula is C12H17. The average Bonchev–Trinajstić information content (AvgIpc) is 2.38. The highest BCUT2D eigenvalue weighted by Gasteiger charge is 2.38. The van der Waals surface area contributed by atoms with Crippen molar-refractivity contribution < 1.29 is 0 Å². The quantitative estimate of drug-likeness (QED) is 0.510. The van der Waals surface area contributed by atoms with E-state index in [0.717, 1.165) is 11.8 Å². The van der Waals surface area contributed by atoms with Gasteiger partial charge in [0.05, 0.1) is 0 Å². The third-order valence-electron chi connectivity index (χ3n) is 3.27. The molecule has 1 radical (unpaired) electrons. The molecule has 0 saturated heterocycles. The van der Waals surface area contributed by atoms with Crippen LogP contribution < -0.4 is 0 Å². The van der Waals surface area contributed by atoms with Crippen LogP contribution in [0.1, 0.15) is 34.1 Å². The predicted molar refractivity (Wildman–Crippen MR) is 52.6 cm³/mol. The van der Waals surface area contributed by atoms with E-state index in [2.05, 4.69) is 33.8 Å². The first kappa shape index (κ1) is 8.10. The maximum absolute atomic E-state index is 2.36. The first-order valence-electron chi connectivity index (χ1n) is 4.88. The molecule has 0 heteroatoms. The molecule has 0 N–H and O–H groups in total. The molecule has 2 atom stereocenters. The second kappa shape index (κ2) is 2.48. The van der Waals surface area contributed by atoms with Crippen LogP contribution in [-0.4, -0.2) is 0 Å². The Balaban J connectivity index is 2.41. The van der Waals surface area contributed by atoms with Crippen molar-refractivity contribution in [1.82, 2.24) is 0 Å². The van der Waals surface area contributed by atoms with Crippen molar-refractivity contribution in [1.29, 1.82) is 0 Å². The molecule has 2 unspecified atom stereocenters. The summed E-state index contributed by atoms with van der Waals surface area (Å²) in [5.41, 5.74) is 4.68. The Labute approximate surface area is 75.4 Å². The van der Waals surface area contributed by atoms with Crippen LogP contribution in [0.2, 0.25) is 0 Å². The number of rotatable bonds is 0. The van der Waals surface area contributed by atoms with Crippen LogP contribution in [0.5, 0.6) is 0 Å². The molecule has 0 aliphatic heterocycles. The Kier molecular flexibility index (Phi) is 1.67. The molecule has 1 fully saturated rings. The van der Waals surface area contributed by atoms with Crippen molar-refractivity contribution in [2.24, 2.45) is 11.8 Å². The molecule has 0 heterocycles. The smallest absolute Gasteiger partial charge is 0.0289 e. The Morgan fingerprint density at radius 2 is 1.83 bits per heavy atom.